The molecule has 0 saturated heterocycles. The third kappa shape index (κ3) is 3.08. The van der Waals surface area contributed by atoms with Crippen molar-refractivity contribution in [2.75, 3.05) is 0 Å². The molecule has 0 fully saturated rings. The van der Waals surface area contributed by atoms with Gasteiger partial charge in [0, 0.05) is 6.42 Å². The first-order chi connectivity index (χ1) is 7.54. The van der Waals surface area contributed by atoms with E-state index in [-0.39, 0.29) is 0 Å². The highest BCUT2D eigenvalue weighted by Gasteiger charge is 2.17. The second-order valence-electron chi connectivity index (χ2n) is 3.81. The number of aryl methyl sites for hydroxylation is 2. The SMILES string of the molecule is Cc1ccc(C)c(CC(NC=O)C(=O)O)c1. The monoisotopic (exact) mass is 221 g/mol. The third-order valence-corrected chi connectivity index (χ3v) is 2.50. The molecule has 1 atom stereocenters. The molecule has 0 bridgehead atoms. The van der Waals surface area contributed by atoms with Gasteiger partial charge in [-0.05, 0) is 25.0 Å². The number of aliphatic carboxylic acids is 1. The van der Waals surface area contributed by atoms with Crippen molar-refractivity contribution in [3.8, 4) is 0 Å². The smallest absolute Gasteiger partial charge is 0.326 e. The molecular weight excluding hydrogens is 206 g/mol. The number of rotatable bonds is 5. The number of benzene rings is 1. The number of nitrogens with one attached hydrogen (secondary N) is 1. The lowest BCUT2D eigenvalue weighted by molar-refractivity contribution is -0.140. The maximum atomic E-state index is 10.9. The van der Waals surface area contributed by atoms with Crippen LogP contribution >= 0.6 is 0 Å². The number of amides is 1. The highest BCUT2D eigenvalue weighted by Crippen LogP contribution is 2.12. The van der Waals surface area contributed by atoms with Gasteiger partial charge in [-0.1, -0.05) is 23.8 Å². The van der Waals surface area contributed by atoms with E-state index < -0.39 is 12.0 Å². The molecule has 2 N–H and O–H groups in total. The van der Waals surface area contributed by atoms with Gasteiger partial charge in [-0.2, -0.15) is 0 Å². The normalized spacial score (nSPS) is 11.9. The first kappa shape index (κ1) is 12.2. The summed E-state index contributed by atoms with van der Waals surface area (Å²) in [6.07, 6.45) is 0.728. The van der Waals surface area contributed by atoms with E-state index in [1.807, 2.05) is 32.0 Å². The number of carboxylic acid groups (broad SMARTS) is 1. The van der Waals surface area contributed by atoms with E-state index in [0.29, 0.717) is 12.8 Å². The molecule has 0 aliphatic carbocycles. The van der Waals surface area contributed by atoms with Gasteiger partial charge in [-0.3, -0.25) is 4.79 Å². The zero-order valence-electron chi connectivity index (χ0n) is 9.36. The van der Waals surface area contributed by atoms with Gasteiger partial charge >= 0.3 is 5.97 Å². The summed E-state index contributed by atoms with van der Waals surface area (Å²) in [5, 5.41) is 11.2. The van der Waals surface area contributed by atoms with Crippen molar-refractivity contribution >= 4 is 12.4 Å². The minimum absolute atomic E-state index is 0.307. The molecule has 1 aromatic rings. The molecule has 0 spiro atoms. The number of carbonyl (C=O) groups is 2. The Labute approximate surface area is 94.3 Å². The largest absolute Gasteiger partial charge is 0.480 e. The Morgan fingerprint density at radius 3 is 2.75 bits per heavy atom. The predicted molar refractivity (Wildman–Crippen MR) is 60.2 cm³/mol. The van der Waals surface area contributed by atoms with Crippen molar-refractivity contribution < 1.29 is 14.7 Å². The summed E-state index contributed by atoms with van der Waals surface area (Å²) >= 11 is 0. The Kier molecular flexibility index (Phi) is 4.05. The molecule has 1 aromatic carbocycles. The molecule has 0 aliphatic rings. The van der Waals surface area contributed by atoms with E-state index in [4.69, 9.17) is 5.11 Å². The van der Waals surface area contributed by atoms with Gasteiger partial charge < -0.3 is 10.4 Å². The topological polar surface area (TPSA) is 66.4 Å². The van der Waals surface area contributed by atoms with E-state index >= 15 is 0 Å². The first-order valence-electron chi connectivity index (χ1n) is 5.03. The van der Waals surface area contributed by atoms with Crippen LogP contribution in [0.3, 0.4) is 0 Å². The molecular formula is C12H15NO3. The number of carboxylic acids is 1. The Hall–Kier alpha value is -1.84. The van der Waals surface area contributed by atoms with Gasteiger partial charge in [0.2, 0.25) is 6.41 Å². The molecule has 4 heteroatoms. The third-order valence-electron chi connectivity index (χ3n) is 2.50. The van der Waals surface area contributed by atoms with Crippen molar-refractivity contribution in [2.45, 2.75) is 26.3 Å². The number of hydrogen-bond donors (Lipinski definition) is 2. The van der Waals surface area contributed by atoms with Crippen LogP contribution in [0.25, 0.3) is 0 Å². The van der Waals surface area contributed by atoms with Crippen molar-refractivity contribution in [3.63, 3.8) is 0 Å². The molecule has 1 amide bonds. The summed E-state index contributed by atoms with van der Waals surface area (Å²) in [6.45, 7) is 3.88. The van der Waals surface area contributed by atoms with Crippen LogP contribution in [-0.2, 0) is 16.0 Å². The van der Waals surface area contributed by atoms with Crippen LogP contribution in [0.2, 0.25) is 0 Å². The zero-order chi connectivity index (χ0) is 12.1. The van der Waals surface area contributed by atoms with E-state index in [1.54, 1.807) is 0 Å². The summed E-state index contributed by atoms with van der Waals surface area (Å²) in [5.74, 6) is -1.02. The van der Waals surface area contributed by atoms with Crippen molar-refractivity contribution in [1.29, 1.82) is 0 Å². The molecule has 4 nitrogen and oxygen atoms in total. The van der Waals surface area contributed by atoms with Gasteiger partial charge in [0.15, 0.2) is 0 Å². The molecule has 86 valence electrons. The van der Waals surface area contributed by atoms with Crippen LogP contribution in [0.15, 0.2) is 18.2 Å². The standard InChI is InChI=1S/C12H15NO3/c1-8-3-4-9(2)10(5-8)6-11(12(15)16)13-7-14/h3-5,7,11H,6H2,1-2H3,(H,13,14)(H,15,16). The van der Waals surface area contributed by atoms with Crippen molar-refractivity contribution in [3.05, 3.63) is 34.9 Å². The quantitative estimate of drug-likeness (QED) is 0.730. The summed E-state index contributed by atoms with van der Waals surface area (Å²) < 4.78 is 0. The fourth-order valence-electron chi connectivity index (χ4n) is 1.54. The highest BCUT2D eigenvalue weighted by atomic mass is 16.4. The maximum Gasteiger partial charge on any atom is 0.326 e. The van der Waals surface area contributed by atoms with Crippen LogP contribution in [0.1, 0.15) is 16.7 Å². The molecule has 0 heterocycles. The van der Waals surface area contributed by atoms with E-state index in [1.165, 1.54) is 0 Å². The average Bonchev–Trinajstić information content (AvgIpc) is 2.22. The van der Waals surface area contributed by atoms with Gasteiger partial charge in [-0.15, -0.1) is 0 Å². The predicted octanol–water partition coefficient (Wildman–Crippen LogP) is 1.05. The molecule has 0 radical (unpaired) electrons. The second-order valence-corrected chi connectivity index (χ2v) is 3.81. The van der Waals surface area contributed by atoms with Gasteiger partial charge in [0.25, 0.3) is 0 Å². The highest BCUT2D eigenvalue weighted by molar-refractivity contribution is 5.76. The first-order valence-corrected chi connectivity index (χ1v) is 5.03. The van der Waals surface area contributed by atoms with E-state index in [9.17, 15) is 9.59 Å². The molecule has 0 aliphatic heterocycles. The molecule has 1 unspecified atom stereocenters. The van der Waals surface area contributed by atoms with Crippen LogP contribution in [0, 0.1) is 13.8 Å². The lowest BCUT2D eigenvalue weighted by atomic mass is 9.99. The summed E-state index contributed by atoms with van der Waals surface area (Å²) in [5.41, 5.74) is 3.06. The fraction of sp³-hybridized carbons (Fsp3) is 0.333. The van der Waals surface area contributed by atoms with E-state index in [2.05, 4.69) is 5.32 Å². The number of hydrogen-bond acceptors (Lipinski definition) is 2. The van der Waals surface area contributed by atoms with Gasteiger partial charge in [-0.25, -0.2) is 4.79 Å². The maximum absolute atomic E-state index is 10.9. The summed E-state index contributed by atoms with van der Waals surface area (Å²) in [7, 11) is 0. The lowest BCUT2D eigenvalue weighted by Crippen LogP contribution is -2.37. The Morgan fingerprint density at radius 1 is 1.50 bits per heavy atom. The molecule has 0 aromatic heterocycles. The molecule has 16 heavy (non-hydrogen) atoms. The van der Waals surface area contributed by atoms with Crippen LogP contribution < -0.4 is 5.32 Å². The Morgan fingerprint density at radius 2 is 2.19 bits per heavy atom. The van der Waals surface area contributed by atoms with Crippen LogP contribution in [0.4, 0.5) is 0 Å². The van der Waals surface area contributed by atoms with E-state index in [0.717, 1.165) is 16.7 Å². The summed E-state index contributed by atoms with van der Waals surface area (Å²) in [4.78, 5) is 21.2. The molecule has 1 rings (SSSR count). The number of carbonyl (C=O) groups excluding carboxylic acids is 1. The average molecular weight is 221 g/mol. The van der Waals surface area contributed by atoms with Gasteiger partial charge in [0.1, 0.15) is 6.04 Å². The second kappa shape index (κ2) is 5.30. The summed E-state index contributed by atoms with van der Waals surface area (Å²) in [6, 6.07) is 5.00. The van der Waals surface area contributed by atoms with Crippen molar-refractivity contribution in [2.24, 2.45) is 0 Å². The Bertz CT molecular complexity index is 401. The minimum atomic E-state index is -1.02. The van der Waals surface area contributed by atoms with Crippen LogP contribution in [-0.4, -0.2) is 23.5 Å². The van der Waals surface area contributed by atoms with Gasteiger partial charge in [0.05, 0.1) is 0 Å². The van der Waals surface area contributed by atoms with Crippen molar-refractivity contribution in [1.82, 2.24) is 5.32 Å². The minimum Gasteiger partial charge on any atom is -0.480 e. The fourth-order valence-corrected chi connectivity index (χ4v) is 1.54. The van der Waals surface area contributed by atoms with Crippen LogP contribution in [0.5, 0.6) is 0 Å². The molecule has 0 saturated carbocycles. The zero-order valence-corrected chi connectivity index (χ0v) is 9.36. The lowest BCUT2D eigenvalue weighted by Gasteiger charge is -2.13. The Balaban J connectivity index is 2.88.